The van der Waals surface area contributed by atoms with E-state index in [4.69, 9.17) is 16.3 Å². The average molecular weight is 602 g/mol. The first-order valence-electron chi connectivity index (χ1n) is 11.2. The first-order chi connectivity index (χ1) is 16.7. The molecule has 0 spiro atoms. The molecule has 2 amide bonds. The number of carbonyl (C=O) groups is 2. The van der Waals surface area contributed by atoms with Crippen molar-refractivity contribution in [2.45, 2.75) is 26.4 Å². The molecule has 0 aromatic heterocycles. The monoisotopic (exact) mass is 600 g/mol. The molecular weight excluding hydrogens is 572 g/mol. The molecule has 0 bridgehead atoms. The first-order valence-corrected chi connectivity index (χ1v) is 14.2. The van der Waals surface area contributed by atoms with Gasteiger partial charge in [-0.1, -0.05) is 11.6 Å². The van der Waals surface area contributed by atoms with Gasteiger partial charge in [0.1, 0.15) is 5.60 Å². The molecule has 2 aromatic carbocycles. The molecule has 36 heavy (non-hydrogen) atoms. The van der Waals surface area contributed by atoms with Crippen LogP contribution in [0.25, 0.3) is 0 Å². The number of carbonyl (C=O) groups excluding carboxylic acids is 2. The van der Waals surface area contributed by atoms with E-state index in [0.717, 1.165) is 16.2 Å². The number of rotatable bonds is 5. The highest BCUT2D eigenvalue weighted by Gasteiger charge is 2.27. The predicted molar refractivity (Wildman–Crippen MR) is 147 cm³/mol. The second kappa shape index (κ2) is 10.9. The fraction of sp³-hybridized carbons (Fsp3) is 0.417. The Bertz CT molecular complexity index is 1260. The number of hydrogen-bond acceptors (Lipinski definition) is 6. The number of nitrogens with one attached hydrogen (secondary N) is 1. The summed E-state index contributed by atoms with van der Waals surface area (Å²) in [4.78, 5) is 29.4. The maximum Gasteiger partial charge on any atom is 0.410 e. The minimum absolute atomic E-state index is 0.189. The number of ether oxygens (including phenoxy) is 1. The van der Waals surface area contributed by atoms with Crippen LogP contribution in [0, 0.1) is 0 Å². The third-order valence-corrected chi connectivity index (χ3v) is 7.96. The Labute approximate surface area is 225 Å². The molecule has 3 rings (SSSR count). The Hall–Kier alpha value is -2.50. The van der Waals surface area contributed by atoms with Crippen molar-refractivity contribution in [1.82, 2.24) is 4.90 Å². The van der Waals surface area contributed by atoms with Gasteiger partial charge in [-0.15, -0.1) is 0 Å². The summed E-state index contributed by atoms with van der Waals surface area (Å²) in [6.07, 6.45) is 0.716. The molecule has 1 aliphatic rings. The molecule has 0 radical (unpaired) electrons. The van der Waals surface area contributed by atoms with Crippen LogP contribution < -0.4 is 14.5 Å². The molecule has 196 valence electrons. The zero-order valence-electron chi connectivity index (χ0n) is 20.8. The van der Waals surface area contributed by atoms with Crippen LogP contribution in [0.2, 0.25) is 5.02 Å². The molecule has 0 aliphatic carbocycles. The Morgan fingerprint density at radius 2 is 1.72 bits per heavy atom. The van der Waals surface area contributed by atoms with E-state index in [9.17, 15) is 18.0 Å². The van der Waals surface area contributed by atoms with Crippen molar-refractivity contribution in [3.63, 3.8) is 0 Å². The van der Waals surface area contributed by atoms with E-state index < -0.39 is 21.5 Å². The highest BCUT2D eigenvalue weighted by molar-refractivity contribution is 9.10. The van der Waals surface area contributed by atoms with Gasteiger partial charge in [0.15, 0.2) is 0 Å². The van der Waals surface area contributed by atoms with Crippen LogP contribution in [0.15, 0.2) is 40.9 Å². The van der Waals surface area contributed by atoms with Gasteiger partial charge in [-0.2, -0.15) is 0 Å². The summed E-state index contributed by atoms with van der Waals surface area (Å²) >= 11 is 9.47. The summed E-state index contributed by atoms with van der Waals surface area (Å²) < 4.78 is 31.7. The lowest BCUT2D eigenvalue weighted by atomic mass is 10.1. The van der Waals surface area contributed by atoms with Gasteiger partial charge in [0.2, 0.25) is 10.0 Å². The van der Waals surface area contributed by atoms with E-state index >= 15 is 0 Å². The van der Waals surface area contributed by atoms with E-state index in [1.165, 1.54) is 7.05 Å². The van der Waals surface area contributed by atoms with Crippen LogP contribution in [0.5, 0.6) is 0 Å². The molecule has 1 aliphatic heterocycles. The average Bonchev–Trinajstić information content (AvgIpc) is 2.79. The van der Waals surface area contributed by atoms with Crippen molar-refractivity contribution in [3.05, 3.63) is 51.5 Å². The SMILES string of the molecule is CN(c1ccc(N2CCN(C(=O)OC(C)(C)C)CC2)cc1C(=O)Nc1ccc(Br)c(Cl)c1)S(C)(=O)=O. The Morgan fingerprint density at radius 3 is 2.28 bits per heavy atom. The molecular formula is C24H30BrClN4O5S. The standard InChI is InChI=1S/C24H30BrClN4O5S/c1-24(2,3)35-23(32)30-12-10-29(11-13-30)17-7-9-21(28(4)36(5,33)34)18(15-17)22(31)27-16-6-8-19(25)20(26)14-16/h6-9,14-15H,10-13H2,1-5H3,(H,27,31). The van der Waals surface area contributed by atoms with Gasteiger partial charge in [0.05, 0.1) is 22.5 Å². The lowest BCUT2D eigenvalue weighted by molar-refractivity contribution is 0.0240. The largest absolute Gasteiger partial charge is 0.444 e. The molecule has 1 saturated heterocycles. The second-order valence-corrected chi connectivity index (χ2v) is 12.7. The van der Waals surface area contributed by atoms with Gasteiger partial charge in [0, 0.05) is 49.1 Å². The fourth-order valence-corrected chi connectivity index (χ4v) is 4.55. The smallest absolute Gasteiger partial charge is 0.410 e. The summed E-state index contributed by atoms with van der Waals surface area (Å²) in [5.74, 6) is -0.479. The van der Waals surface area contributed by atoms with E-state index in [1.807, 2.05) is 25.7 Å². The van der Waals surface area contributed by atoms with Crippen LogP contribution in [0.1, 0.15) is 31.1 Å². The number of nitrogens with zero attached hydrogens (tertiary/aromatic N) is 3. The number of anilines is 3. The zero-order chi connectivity index (χ0) is 26.8. The number of piperazine rings is 1. The lowest BCUT2D eigenvalue weighted by Gasteiger charge is -2.37. The number of hydrogen-bond donors (Lipinski definition) is 1. The third-order valence-electron chi connectivity index (χ3n) is 5.54. The van der Waals surface area contributed by atoms with Crippen molar-refractivity contribution >= 4 is 66.6 Å². The topological polar surface area (TPSA) is 99.3 Å². The first kappa shape index (κ1) is 28.1. The highest BCUT2D eigenvalue weighted by Crippen LogP contribution is 2.30. The molecule has 12 heteroatoms. The second-order valence-electron chi connectivity index (χ2n) is 9.47. The Balaban J connectivity index is 1.86. The van der Waals surface area contributed by atoms with Gasteiger partial charge in [-0.3, -0.25) is 9.10 Å². The number of benzene rings is 2. The molecule has 0 unspecified atom stereocenters. The number of amides is 2. The highest BCUT2D eigenvalue weighted by atomic mass is 79.9. The van der Waals surface area contributed by atoms with Crippen LogP contribution >= 0.6 is 27.5 Å². The van der Waals surface area contributed by atoms with Crippen molar-refractivity contribution in [2.24, 2.45) is 0 Å². The maximum absolute atomic E-state index is 13.3. The predicted octanol–water partition coefficient (Wildman–Crippen LogP) is 4.81. The minimum Gasteiger partial charge on any atom is -0.444 e. The number of halogens is 2. The van der Waals surface area contributed by atoms with E-state index in [1.54, 1.807) is 41.3 Å². The quantitative estimate of drug-likeness (QED) is 0.528. The van der Waals surface area contributed by atoms with Crippen molar-refractivity contribution in [2.75, 3.05) is 54.0 Å². The fourth-order valence-electron chi connectivity index (χ4n) is 3.60. The summed E-state index contributed by atoms with van der Waals surface area (Å²) in [6, 6.07) is 10.0. The van der Waals surface area contributed by atoms with Crippen molar-refractivity contribution in [3.8, 4) is 0 Å². The molecule has 1 heterocycles. The van der Waals surface area contributed by atoms with Gasteiger partial charge in [-0.25, -0.2) is 13.2 Å². The van der Waals surface area contributed by atoms with Crippen LogP contribution in [0.3, 0.4) is 0 Å². The zero-order valence-corrected chi connectivity index (χ0v) is 24.0. The Morgan fingerprint density at radius 1 is 1.08 bits per heavy atom. The van der Waals surface area contributed by atoms with Gasteiger partial charge in [-0.05, 0) is 73.1 Å². The Kier molecular flexibility index (Phi) is 8.47. The molecule has 1 fully saturated rings. The summed E-state index contributed by atoms with van der Waals surface area (Å²) in [6.45, 7) is 7.45. The van der Waals surface area contributed by atoms with Gasteiger partial charge >= 0.3 is 6.09 Å². The lowest BCUT2D eigenvalue weighted by Crippen LogP contribution is -2.50. The minimum atomic E-state index is -3.61. The summed E-state index contributed by atoms with van der Waals surface area (Å²) in [7, 11) is -2.21. The summed E-state index contributed by atoms with van der Waals surface area (Å²) in [5.41, 5.74) is 1.07. The van der Waals surface area contributed by atoms with E-state index in [0.29, 0.717) is 41.4 Å². The molecule has 2 aromatic rings. The van der Waals surface area contributed by atoms with Crippen LogP contribution in [-0.4, -0.2) is 70.4 Å². The van der Waals surface area contributed by atoms with E-state index in [-0.39, 0.29) is 17.3 Å². The van der Waals surface area contributed by atoms with Gasteiger partial charge < -0.3 is 19.9 Å². The van der Waals surface area contributed by atoms with Crippen molar-refractivity contribution in [1.29, 1.82) is 0 Å². The molecule has 1 N–H and O–H groups in total. The number of sulfonamides is 1. The van der Waals surface area contributed by atoms with Crippen LogP contribution in [-0.2, 0) is 14.8 Å². The maximum atomic E-state index is 13.3. The normalized spacial score (nSPS) is 14.4. The molecule has 9 nitrogen and oxygen atoms in total. The van der Waals surface area contributed by atoms with E-state index in [2.05, 4.69) is 21.2 Å². The third kappa shape index (κ3) is 7.04. The van der Waals surface area contributed by atoms with Crippen LogP contribution in [0.4, 0.5) is 21.9 Å². The van der Waals surface area contributed by atoms with Crippen molar-refractivity contribution < 1.29 is 22.7 Å². The molecule has 0 atom stereocenters. The molecule has 0 saturated carbocycles. The summed E-state index contributed by atoms with van der Waals surface area (Å²) in [5, 5.41) is 3.22. The van der Waals surface area contributed by atoms with Gasteiger partial charge in [0.25, 0.3) is 5.91 Å².